The summed E-state index contributed by atoms with van der Waals surface area (Å²) in [6, 6.07) is 0. The maximum atomic E-state index is 13.3. The third-order valence-electron chi connectivity index (χ3n) is 8.11. The molecule has 0 aromatic heterocycles. The molecule has 0 bridgehead atoms. The molecule has 168 valence electrons. The fourth-order valence-electron chi connectivity index (χ4n) is 7.06. The van der Waals surface area contributed by atoms with Crippen molar-refractivity contribution < 1.29 is 43.9 Å². The van der Waals surface area contributed by atoms with Crippen molar-refractivity contribution in [3.63, 3.8) is 0 Å². The van der Waals surface area contributed by atoms with E-state index in [2.05, 4.69) is 6.58 Å². The Morgan fingerprint density at radius 1 is 1.32 bits per heavy atom. The molecule has 5 aliphatic rings. The number of Topliss-reactive ketones (excluding diaryl/α,β-unsaturated/α-hetero) is 1. The zero-order valence-corrected chi connectivity index (χ0v) is 17.5. The first-order chi connectivity index (χ1) is 14.4. The Balaban J connectivity index is 1.74. The SMILES string of the molecule is C=C1[C@@H](O)O[C@@H]2C(=O)/C(C)=C\[C@]3(O)[C@H]4C5[C@H](C[C@]4(C)O)OC(=O)[C@@]53[C@H](OC(C)=O)C[C@@H]12. The number of aliphatic hydroxyl groups is 3. The fraction of sp³-hybridized carbons (Fsp3) is 0.682. The number of rotatable bonds is 1. The first kappa shape index (κ1) is 20.8. The molecule has 10 atom stereocenters. The van der Waals surface area contributed by atoms with Crippen LogP contribution in [-0.4, -0.2) is 68.8 Å². The van der Waals surface area contributed by atoms with Gasteiger partial charge in [0.15, 0.2) is 12.1 Å². The molecule has 0 aromatic rings. The summed E-state index contributed by atoms with van der Waals surface area (Å²) in [4.78, 5) is 38.5. The molecule has 1 spiro atoms. The highest BCUT2D eigenvalue weighted by Gasteiger charge is 2.89. The zero-order chi connectivity index (χ0) is 22.7. The van der Waals surface area contributed by atoms with Crippen molar-refractivity contribution >= 4 is 17.7 Å². The summed E-state index contributed by atoms with van der Waals surface area (Å²) < 4.78 is 16.7. The van der Waals surface area contributed by atoms with Gasteiger partial charge in [-0.3, -0.25) is 14.4 Å². The number of carbonyl (C=O) groups is 3. The molecule has 0 radical (unpaired) electrons. The molecular formula is C22H26O9. The Hall–Kier alpha value is -2.07. The number of esters is 2. The highest BCUT2D eigenvalue weighted by atomic mass is 16.6. The summed E-state index contributed by atoms with van der Waals surface area (Å²) in [5.74, 6) is -3.98. The topological polar surface area (TPSA) is 140 Å². The second-order valence-electron chi connectivity index (χ2n) is 9.82. The van der Waals surface area contributed by atoms with Crippen LogP contribution in [0.15, 0.2) is 23.8 Å². The summed E-state index contributed by atoms with van der Waals surface area (Å²) >= 11 is 0. The summed E-state index contributed by atoms with van der Waals surface area (Å²) in [6.07, 6.45) is -2.92. The van der Waals surface area contributed by atoms with Gasteiger partial charge in [0, 0.05) is 31.1 Å². The second-order valence-corrected chi connectivity index (χ2v) is 9.82. The van der Waals surface area contributed by atoms with E-state index >= 15 is 0 Å². The van der Waals surface area contributed by atoms with Gasteiger partial charge in [0.05, 0.1) is 5.60 Å². The smallest absolute Gasteiger partial charge is 0.319 e. The molecule has 0 amide bonds. The van der Waals surface area contributed by atoms with Crippen LogP contribution in [0.3, 0.4) is 0 Å². The normalized spacial score (nSPS) is 54.3. The van der Waals surface area contributed by atoms with Gasteiger partial charge in [-0.25, -0.2) is 0 Å². The first-order valence-corrected chi connectivity index (χ1v) is 10.4. The minimum absolute atomic E-state index is 0.0670. The van der Waals surface area contributed by atoms with Crippen molar-refractivity contribution in [3.05, 3.63) is 23.8 Å². The number of ketones is 1. The Kier molecular flexibility index (Phi) is 4.05. The third-order valence-corrected chi connectivity index (χ3v) is 8.11. The second kappa shape index (κ2) is 6.04. The van der Waals surface area contributed by atoms with E-state index in [1.165, 1.54) is 19.9 Å². The Morgan fingerprint density at radius 3 is 2.65 bits per heavy atom. The van der Waals surface area contributed by atoms with Gasteiger partial charge in [0.1, 0.15) is 29.3 Å². The largest absolute Gasteiger partial charge is 0.461 e. The molecule has 3 N–H and O–H groups in total. The van der Waals surface area contributed by atoms with Crippen molar-refractivity contribution in [3.8, 4) is 0 Å². The number of hydrogen-bond acceptors (Lipinski definition) is 9. The Morgan fingerprint density at radius 2 is 2.00 bits per heavy atom. The molecule has 2 aliphatic heterocycles. The molecule has 2 saturated heterocycles. The van der Waals surface area contributed by atoms with Gasteiger partial charge in [-0.1, -0.05) is 6.58 Å². The Labute approximate surface area is 178 Å². The van der Waals surface area contributed by atoms with Gasteiger partial charge in [-0.2, -0.15) is 0 Å². The lowest BCUT2D eigenvalue weighted by Crippen LogP contribution is -2.78. The van der Waals surface area contributed by atoms with Crippen molar-refractivity contribution in [2.24, 2.45) is 23.2 Å². The molecule has 1 unspecified atom stereocenters. The van der Waals surface area contributed by atoms with E-state index in [1.54, 1.807) is 6.92 Å². The van der Waals surface area contributed by atoms with Crippen LogP contribution in [0.25, 0.3) is 0 Å². The molecule has 31 heavy (non-hydrogen) atoms. The van der Waals surface area contributed by atoms with Crippen LogP contribution >= 0.6 is 0 Å². The van der Waals surface area contributed by atoms with Crippen LogP contribution in [0.4, 0.5) is 0 Å². The van der Waals surface area contributed by atoms with Crippen LogP contribution in [0.5, 0.6) is 0 Å². The van der Waals surface area contributed by atoms with Gasteiger partial charge in [0.2, 0.25) is 0 Å². The molecule has 9 nitrogen and oxygen atoms in total. The van der Waals surface area contributed by atoms with Crippen molar-refractivity contribution in [2.45, 2.75) is 69.4 Å². The number of fused-ring (bicyclic) bond motifs is 2. The lowest BCUT2D eigenvalue weighted by Gasteiger charge is -2.63. The van der Waals surface area contributed by atoms with Crippen LogP contribution in [0, 0.1) is 23.2 Å². The van der Waals surface area contributed by atoms with Crippen LogP contribution in [0.1, 0.15) is 33.6 Å². The third kappa shape index (κ3) is 2.27. The van der Waals surface area contributed by atoms with Crippen molar-refractivity contribution in [1.29, 1.82) is 0 Å². The quantitative estimate of drug-likeness (QED) is 0.377. The number of hydrogen-bond donors (Lipinski definition) is 3. The van der Waals surface area contributed by atoms with E-state index in [9.17, 15) is 29.7 Å². The highest BCUT2D eigenvalue weighted by Crippen LogP contribution is 2.75. The molecule has 3 aliphatic carbocycles. The maximum absolute atomic E-state index is 13.3. The number of aliphatic hydroxyl groups excluding tert-OH is 1. The van der Waals surface area contributed by atoms with E-state index in [0.29, 0.717) is 0 Å². The van der Waals surface area contributed by atoms with Crippen LogP contribution in [0.2, 0.25) is 0 Å². The molecule has 2 heterocycles. The van der Waals surface area contributed by atoms with E-state index in [4.69, 9.17) is 14.2 Å². The van der Waals surface area contributed by atoms with Crippen molar-refractivity contribution in [2.75, 3.05) is 0 Å². The number of carbonyl (C=O) groups excluding carboxylic acids is 3. The predicted octanol–water partition coefficient (Wildman–Crippen LogP) is -0.230. The van der Waals surface area contributed by atoms with Gasteiger partial charge >= 0.3 is 11.9 Å². The Bertz CT molecular complexity index is 951. The molecule has 4 fully saturated rings. The fourth-order valence-corrected chi connectivity index (χ4v) is 7.06. The van der Waals surface area contributed by atoms with E-state index in [-0.39, 0.29) is 24.0 Å². The van der Waals surface area contributed by atoms with E-state index in [0.717, 1.165) is 0 Å². The van der Waals surface area contributed by atoms with E-state index in [1.807, 2.05) is 0 Å². The van der Waals surface area contributed by atoms with Crippen molar-refractivity contribution in [1.82, 2.24) is 0 Å². The summed E-state index contributed by atoms with van der Waals surface area (Å²) in [6.45, 7) is 8.09. The molecule has 9 heteroatoms. The molecule has 5 rings (SSSR count). The minimum atomic E-state index is -1.97. The molecular weight excluding hydrogens is 408 g/mol. The van der Waals surface area contributed by atoms with Crippen LogP contribution < -0.4 is 0 Å². The highest BCUT2D eigenvalue weighted by molar-refractivity contribution is 6.00. The predicted molar refractivity (Wildman–Crippen MR) is 102 cm³/mol. The zero-order valence-electron chi connectivity index (χ0n) is 17.5. The lowest BCUT2D eigenvalue weighted by molar-refractivity contribution is -0.276. The summed E-state index contributed by atoms with van der Waals surface area (Å²) in [5.41, 5.74) is -4.64. The monoisotopic (exact) mass is 434 g/mol. The standard InChI is InChI=1S/C22H26O9/c1-8-6-21(28)17-14-12(7-20(17,4)27)30-19(26)22(14,21)13(29-10(3)23)5-11-9(2)18(25)31-16(11)15(8)24/h6,11-14,16-18,25,27-28H,2,5,7H2,1,3-4H3/b8-6-/t11-,12-,13+,14?,16-,17-,18-,20-,21-,22+/m0/s1. The average molecular weight is 434 g/mol. The van der Waals surface area contributed by atoms with Gasteiger partial charge in [-0.05, 0) is 37.5 Å². The minimum Gasteiger partial charge on any atom is -0.461 e. The van der Waals surface area contributed by atoms with Crippen LogP contribution in [-0.2, 0) is 28.6 Å². The number of ether oxygens (including phenoxy) is 3. The average Bonchev–Trinajstić information content (AvgIpc) is 3.15. The summed E-state index contributed by atoms with van der Waals surface area (Å²) in [7, 11) is 0. The first-order valence-electron chi connectivity index (χ1n) is 10.4. The van der Waals surface area contributed by atoms with Gasteiger partial charge < -0.3 is 29.5 Å². The van der Waals surface area contributed by atoms with Gasteiger partial charge in [0.25, 0.3) is 0 Å². The van der Waals surface area contributed by atoms with E-state index < -0.39 is 76.7 Å². The summed E-state index contributed by atoms with van der Waals surface area (Å²) in [5, 5.41) is 33.2. The maximum Gasteiger partial charge on any atom is 0.319 e. The molecule has 0 aromatic carbocycles. The lowest BCUT2D eigenvalue weighted by atomic mass is 9.41. The van der Waals surface area contributed by atoms with Gasteiger partial charge in [-0.15, -0.1) is 0 Å². The molecule has 2 saturated carbocycles.